The highest BCUT2D eigenvalue weighted by molar-refractivity contribution is 6.33. The first-order valence-electron chi connectivity index (χ1n) is 9.12. The fourth-order valence-corrected chi connectivity index (χ4v) is 3.44. The molecule has 1 aliphatic rings. The number of hydrogen-bond donors (Lipinski definition) is 0. The Bertz CT molecular complexity index is 931. The Morgan fingerprint density at radius 2 is 1.66 bits per heavy atom. The van der Waals surface area contributed by atoms with Crippen molar-refractivity contribution in [1.82, 2.24) is 14.8 Å². The van der Waals surface area contributed by atoms with Gasteiger partial charge < -0.3 is 14.5 Å². The highest BCUT2D eigenvalue weighted by Crippen LogP contribution is 2.25. The summed E-state index contributed by atoms with van der Waals surface area (Å²) in [6.45, 7) is 5.10. The minimum atomic E-state index is -0.501. The van der Waals surface area contributed by atoms with Gasteiger partial charge in [-0.2, -0.15) is 0 Å². The molecule has 9 heteroatoms. The Balaban J connectivity index is 1.63. The van der Waals surface area contributed by atoms with Crippen LogP contribution in [0.15, 0.2) is 30.5 Å². The van der Waals surface area contributed by atoms with E-state index in [9.17, 15) is 14.0 Å². The normalized spacial score (nSPS) is 14.3. The van der Waals surface area contributed by atoms with Crippen LogP contribution in [-0.4, -0.2) is 58.9 Å². The van der Waals surface area contributed by atoms with Crippen molar-refractivity contribution >= 4 is 35.0 Å². The van der Waals surface area contributed by atoms with Gasteiger partial charge in [-0.15, -0.1) is 0 Å². The predicted octanol–water partition coefficient (Wildman–Crippen LogP) is 3.91. The number of piperazine rings is 1. The van der Waals surface area contributed by atoms with Crippen molar-refractivity contribution in [1.29, 1.82) is 0 Å². The standard InChI is InChI=1S/C20H20Cl2FN3O3/c1-12(2)29-18-17(22)9-13(11-24-18)19(27)25-5-7-26(8-6-25)20(28)15-4-3-14(23)10-16(15)21/h3-4,9-12H,5-8H2,1-2H3. The molecule has 0 saturated carbocycles. The Kier molecular flexibility index (Phi) is 6.59. The Morgan fingerprint density at radius 1 is 1.03 bits per heavy atom. The second-order valence-corrected chi connectivity index (χ2v) is 7.70. The highest BCUT2D eigenvalue weighted by atomic mass is 35.5. The number of amides is 2. The van der Waals surface area contributed by atoms with Crippen molar-refractivity contribution in [3.05, 3.63) is 57.5 Å². The maximum absolute atomic E-state index is 13.2. The van der Waals surface area contributed by atoms with Crippen molar-refractivity contribution in [3.8, 4) is 5.88 Å². The molecule has 6 nitrogen and oxygen atoms in total. The summed E-state index contributed by atoms with van der Waals surface area (Å²) in [5, 5.41) is 0.335. The van der Waals surface area contributed by atoms with Crippen LogP contribution in [0.1, 0.15) is 34.6 Å². The third kappa shape index (κ3) is 4.97. The average Bonchev–Trinajstić information content (AvgIpc) is 2.68. The summed E-state index contributed by atoms with van der Waals surface area (Å²) in [6.07, 6.45) is 1.35. The largest absolute Gasteiger partial charge is 0.474 e. The zero-order valence-corrected chi connectivity index (χ0v) is 17.5. The van der Waals surface area contributed by atoms with Crippen LogP contribution in [-0.2, 0) is 0 Å². The molecule has 0 radical (unpaired) electrons. The van der Waals surface area contributed by atoms with E-state index in [-0.39, 0.29) is 39.4 Å². The van der Waals surface area contributed by atoms with E-state index in [2.05, 4.69) is 4.98 Å². The lowest BCUT2D eigenvalue weighted by Crippen LogP contribution is -2.50. The molecule has 2 heterocycles. The van der Waals surface area contributed by atoms with Gasteiger partial charge in [0.25, 0.3) is 11.8 Å². The van der Waals surface area contributed by atoms with Crippen LogP contribution in [0, 0.1) is 5.82 Å². The van der Waals surface area contributed by atoms with E-state index in [1.165, 1.54) is 24.4 Å². The number of carbonyl (C=O) groups is 2. The molecule has 29 heavy (non-hydrogen) atoms. The van der Waals surface area contributed by atoms with E-state index < -0.39 is 5.82 Å². The summed E-state index contributed by atoms with van der Waals surface area (Å²) >= 11 is 12.1. The van der Waals surface area contributed by atoms with Crippen LogP contribution in [0.2, 0.25) is 10.0 Å². The lowest BCUT2D eigenvalue weighted by Gasteiger charge is -2.35. The molecule has 1 saturated heterocycles. The summed E-state index contributed by atoms with van der Waals surface area (Å²) in [5.74, 6) is -0.728. The van der Waals surface area contributed by atoms with E-state index >= 15 is 0 Å². The minimum absolute atomic E-state index is 0.0675. The molecule has 1 aromatic heterocycles. The van der Waals surface area contributed by atoms with Crippen molar-refractivity contribution in [2.24, 2.45) is 0 Å². The molecule has 1 aliphatic heterocycles. The number of ether oxygens (including phenoxy) is 1. The summed E-state index contributed by atoms with van der Waals surface area (Å²) < 4.78 is 18.7. The van der Waals surface area contributed by atoms with E-state index in [0.717, 1.165) is 6.07 Å². The number of pyridine rings is 1. The SMILES string of the molecule is CC(C)Oc1ncc(C(=O)N2CCN(C(=O)c3ccc(F)cc3Cl)CC2)cc1Cl. The van der Waals surface area contributed by atoms with Gasteiger partial charge in [0.15, 0.2) is 0 Å². The molecule has 2 aromatic rings. The Morgan fingerprint density at radius 3 is 2.21 bits per heavy atom. The van der Waals surface area contributed by atoms with Crippen LogP contribution in [0.5, 0.6) is 5.88 Å². The molecular weight excluding hydrogens is 420 g/mol. The Labute approximate surface area is 178 Å². The average molecular weight is 440 g/mol. The lowest BCUT2D eigenvalue weighted by atomic mass is 10.1. The monoisotopic (exact) mass is 439 g/mol. The highest BCUT2D eigenvalue weighted by Gasteiger charge is 2.27. The third-order valence-corrected chi connectivity index (χ3v) is 5.00. The molecule has 0 aliphatic carbocycles. The number of nitrogens with zero attached hydrogens (tertiary/aromatic N) is 3. The fourth-order valence-electron chi connectivity index (χ4n) is 2.98. The number of carbonyl (C=O) groups excluding carboxylic acids is 2. The van der Waals surface area contributed by atoms with Gasteiger partial charge in [-0.3, -0.25) is 9.59 Å². The van der Waals surface area contributed by atoms with Crippen LogP contribution >= 0.6 is 23.2 Å². The minimum Gasteiger partial charge on any atom is -0.474 e. The lowest BCUT2D eigenvalue weighted by molar-refractivity contribution is 0.0535. The number of aromatic nitrogens is 1. The molecule has 1 aromatic carbocycles. The first-order valence-corrected chi connectivity index (χ1v) is 9.87. The topological polar surface area (TPSA) is 62.7 Å². The molecule has 1 fully saturated rings. The van der Waals surface area contributed by atoms with E-state index in [4.69, 9.17) is 27.9 Å². The number of hydrogen-bond acceptors (Lipinski definition) is 4. The second-order valence-electron chi connectivity index (χ2n) is 6.89. The molecule has 3 rings (SSSR count). The van der Waals surface area contributed by atoms with Crippen LogP contribution in [0.4, 0.5) is 4.39 Å². The summed E-state index contributed by atoms with van der Waals surface area (Å²) in [4.78, 5) is 32.7. The zero-order chi connectivity index (χ0) is 21.1. The van der Waals surface area contributed by atoms with Gasteiger partial charge >= 0.3 is 0 Å². The Hall–Kier alpha value is -2.38. The number of halogens is 3. The van der Waals surface area contributed by atoms with E-state index in [1.54, 1.807) is 9.80 Å². The number of benzene rings is 1. The molecular formula is C20H20Cl2FN3O3. The molecule has 0 atom stereocenters. The van der Waals surface area contributed by atoms with Crippen LogP contribution in [0.3, 0.4) is 0 Å². The van der Waals surface area contributed by atoms with Gasteiger partial charge in [0.1, 0.15) is 10.8 Å². The third-order valence-electron chi connectivity index (χ3n) is 4.42. The quantitative estimate of drug-likeness (QED) is 0.724. The first kappa shape index (κ1) is 21.3. The maximum Gasteiger partial charge on any atom is 0.255 e. The van der Waals surface area contributed by atoms with Gasteiger partial charge in [0.2, 0.25) is 5.88 Å². The van der Waals surface area contributed by atoms with Gasteiger partial charge in [0.05, 0.1) is 22.3 Å². The van der Waals surface area contributed by atoms with Crippen molar-refractivity contribution in [2.75, 3.05) is 26.2 Å². The van der Waals surface area contributed by atoms with Gasteiger partial charge in [-0.1, -0.05) is 23.2 Å². The van der Waals surface area contributed by atoms with Gasteiger partial charge in [0, 0.05) is 32.4 Å². The predicted molar refractivity (Wildman–Crippen MR) is 108 cm³/mol. The molecule has 0 bridgehead atoms. The number of rotatable bonds is 4. The van der Waals surface area contributed by atoms with Gasteiger partial charge in [-0.05, 0) is 38.1 Å². The van der Waals surface area contributed by atoms with Gasteiger partial charge in [-0.25, -0.2) is 9.37 Å². The maximum atomic E-state index is 13.2. The molecule has 0 unspecified atom stereocenters. The van der Waals surface area contributed by atoms with Crippen molar-refractivity contribution < 1.29 is 18.7 Å². The van der Waals surface area contributed by atoms with Crippen LogP contribution in [0.25, 0.3) is 0 Å². The van der Waals surface area contributed by atoms with Crippen molar-refractivity contribution in [3.63, 3.8) is 0 Å². The zero-order valence-electron chi connectivity index (χ0n) is 16.0. The first-order chi connectivity index (χ1) is 13.8. The summed E-state index contributed by atoms with van der Waals surface area (Å²) in [5.41, 5.74) is 0.594. The van der Waals surface area contributed by atoms with Crippen LogP contribution < -0.4 is 4.74 Å². The summed E-state index contributed by atoms with van der Waals surface area (Å²) in [6, 6.07) is 5.21. The molecule has 154 valence electrons. The second kappa shape index (κ2) is 8.97. The molecule has 0 N–H and O–H groups in total. The van der Waals surface area contributed by atoms with E-state index in [1.807, 2.05) is 13.8 Å². The molecule has 2 amide bonds. The smallest absolute Gasteiger partial charge is 0.255 e. The molecule has 0 spiro atoms. The van der Waals surface area contributed by atoms with E-state index in [0.29, 0.717) is 31.7 Å². The fraction of sp³-hybridized carbons (Fsp3) is 0.350. The van der Waals surface area contributed by atoms with Crippen molar-refractivity contribution in [2.45, 2.75) is 20.0 Å². The summed E-state index contributed by atoms with van der Waals surface area (Å²) in [7, 11) is 0.